The molecule has 0 amide bonds. The first-order chi connectivity index (χ1) is 6.62. The molecule has 1 aromatic carbocycles. The van der Waals surface area contributed by atoms with Crippen molar-refractivity contribution in [1.82, 2.24) is 0 Å². The maximum absolute atomic E-state index is 5.84. The Kier molecular flexibility index (Phi) is 2.35. The van der Waals surface area contributed by atoms with E-state index >= 15 is 0 Å². The van der Waals surface area contributed by atoms with E-state index in [9.17, 15) is 0 Å². The third-order valence-electron chi connectivity index (χ3n) is 2.23. The second kappa shape index (κ2) is 3.39. The number of fused-ring (bicyclic) bond motifs is 1. The van der Waals surface area contributed by atoms with Gasteiger partial charge in [0.05, 0.1) is 12.0 Å². The second-order valence-electron chi connectivity index (χ2n) is 4.03. The highest BCUT2D eigenvalue weighted by Crippen LogP contribution is 2.42. The number of ether oxygens (including phenoxy) is 1. The molecule has 0 radical (unpaired) electrons. The summed E-state index contributed by atoms with van der Waals surface area (Å²) in [5.74, 6) is 1.74. The molecule has 1 aliphatic rings. The summed E-state index contributed by atoms with van der Waals surface area (Å²) < 4.78 is 11.3. The molecule has 14 heavy (non-hydrogen) atoms. The van der Waals surface area contributed by atoms with Crippen LogP contribution in [0.5, 0.6) is 11.5 Å². The fraction of sp³-hybridized carbons (Fsp3) is 0.455. The van der Waals surface area contributed by atoms with E-state index in [1.165, 1.54) is 17.6 Å². The van der Waals surface area contributed by atoms with Gasteiger partial charge in [-0.15, -0.1) is 0 Å². The first-order valence-corrected chi connectivity index (χ1v) is 5.79. The predicted molar refractivity (Wildman–Crippen MR) is 59.0 cm³/mol. The van der Waals surface area contributed by atoms with E-state index in [1.54, 1.807) is 0 Å². The van der Waals surface area contributed by atoms with E-state index in [4.69, 9.17) is 8.92 Å². The van der Waals surface area contributed by atoms with Crippen LogP contribution in [0.1, 0.15) is 19.4 Å². The summed E-state index contributed by atoms with van der Waals surface area (Å²) in [6, 6.07) is 6.04. The second-order valence-corrected chi connectivity index (χ2v) is 4.53. The van der Waals surface area contributed by atoms with E-state index in [1.807, 2.05) is 18.4 Å². The summed E-state index contributed by atoms with van der Waals surface area (Å²) in [7, 11) is 0. The average Bonchev–Trinajstić information content (AvgIpc) is 2.41. The molecule has 0 unspecified atom stereocenters. The molecule has 0 saturated heterocycles. The van der Waals surface area contributed by atoms with E-state index in [2.05, 4.69) is 19.9 Å². The monoisotopic (exact) mass is 210 g/mol. The summed E-state index contributed by atoms with van der Waals surface area (Å²) >= 11 is 1.34. The SMILES string of the molecule is CSOc1cccc2c1OC(C)(C)C2. The Balaban J connectivity index is 2.36. The molecule has 1 heterocycles. The zero-order valence-corrected chi connectivity index (χ0v) is 9.48. The summed E-state index contributed by atoms with van der Waals surface area (Å²) in [5.41, 5.74) is 1.14. The highest BCUT2D eigenvalue weighted by Gasteiger charge is 2.32. The Morgan fingerprint density at radius 3 is 2.93 bits per heavy atom. The minimum atomic E-state index is -0.0970. The van der Waals surface area contributed by atoms with Crippen LogP contribution >= 0.6 is 12.0 Å². The van der Waals surface area contributed by atoms with Gasteiger partial charge in [0.2, 0.25) is 0 Å². The maximum Gasteiger partial charge on any atom is 0.179 e. The fourth-order valence-corrected chi connectivity index (χ4v) is 2.05. The normalized spacial score (nSPS) is 17.4. The van der Waals surface area contributed by atoms with Crippen LogP contribution in [0.4, 0.5) is 0 Å². The maximum atomic E-state index is 5.84. The lowest BCUT2D eigenvalue weighted by Crippen LogP contribution is -2.24. The smallest absolute Gasteiger partial charge is 0.179 e. The number of rotatable bonds is 2. The lowest BCUT2D eigenvalue weighted by molar-refractivity contribution is 0.136. The Hall–Kier alpha value is -0.830. The fourth-order valence-electron chi connectivity index (χ4n) is 1.74. The van der Waals surface area contributed by atoms with Crippen molar-refractivity contribution in [3.63, 3.8) is 0 Å². The van der Waals surface area contributed by atoms with Gasteiger partial charge in [-0.2, -0.15) is 0 Å². The molecule has 76 valence electrons. The molecule has 0 fully saturated rings. The van der Waals surface area contributed by atoms with Crippen molar-refractivity contribution in [1.29, 1.82) is 0 Å². The van der Waals surface area contributed by atoms with Crippen LogP contribution in [-0.4, -0.2) is 11.9 Å². The zero-order chi connectivity index (χ0) is 10.2. The van der Waals surface area contributed by atoms with E-state index in [0.717, 1.165) is 17.9 Å². The first-order valence-electron chi connectivity index (χ1n) is 4.64. The molecule has 0 saturated carbocycles. The van der Waals surface area contributed by atoms with Crippen LogP contribution in [0.15, 0.2) is 18.2 Å². The van der Waals surface area contributed by atoms with Crippen molar-refractivity contribution < 1.29 is 8.92 Å². The van der Waals surface area contributed by atoms with Crippen molar-refractivity contribution in [3.8, 4) is 11.5 Å². The summed E-state index contributed by atoms with van der Waals surface area (Å²) in [4.78, 5) is 0. The molecular formula is C11H14O2S. The molecule has 1 aliphatic heterocycles. The third-order valence-corrected chi connectivity index (χ3v) is 2.57. The van der Waals surface area contributed by atoms with Crippen LogP contribution in [0.2, 0.25) is 0 Å². The number of benzene rings is 1. The third kappa shape index (κ3) is 1.69. The summed E-state index contributed by atoms with van der Waals surface area (Å²) in [6.07, 6.45) is 2.85. The van der Waals surface area contributed by atoms with Crippen molar-refractivity contribution in [2.24, 2.45) is 0 Å². The number of para-hydroxylation sites is 1. The van der Waals surface area contributed by atoms with Crippen LogP contribution in [0.25, 0.3) is 0 Å². The number of hydrogen-bond acceptors (Lipinski definition) is 3. The standard InChI is InChI=1S/C11H14O2S/c1-11(2)7-8-5-4-6-9(13-14-3)10(8)12-11/h4-6H,7H2,1-3H3. The average molecular weight is 210 g/mol. The van der Waals surface area contributed by atoms with Crippen LogP contribution in [-0.2, 0) is 6.42 Å². The minimum absolute atomic E-state index is 0.0970. The van der Waals surface area contributed by atoms with Gasteiger partial charge in [-0.25, -0.2) is 0 Å². The molecule has 3 heteroatoms. The van der Waals surface area contributed by atoms with Gasteiger partial charge < -0.3 is 8.92 Å². The minimum Gasteiger partial charge on any atom is -0.483 e. The quantitative estimate of drug-likeness (QED) is 0.699. The van der Waals surface area contributed by atoms with E-state index in [-0.39, 0.29) is 5.60 Å². The lowest BCUT2D eigenvalue weighted by atomic mass is 10.0. The van der Waals surface area contributed by atoms with Crippen LogP contribution in [0, 0.1) is 0 Å². The lowest BCUT2D eigenvalue weighted by Gasteiger charge is -2.17. The summed E-state index contributed by atoms with van der Waals surface area (Å²) in [6.45, 7) is 4.19. The van der Waals surface area contributed by atoms with Gasteiger partial charge in [0, 0.05) is 18.2 Å². The first kappa shape index (κ1) is 9.71. The van der Waals surface area contributed by atoms with Crippen LogP contribution < -0.4 is 8.92 Å². The molecule has 0 aliphatic carbocycles. The zero-order valence-electron chi connectivity index (χ0n) is 8.66. The highest BCUT2D eigenvalue weighted by molar-refractivity contribution is 7.94. The topological polar surface area (TPSA) is 18.5 Å². The molecule has 1 aromatic rings. The molecular weight excluding hydrogens is 196 g/mol. The summed E-state index contributed by atoms with van der Waals surface area (Å²) in [5, 5.41) is 0. The predicted octanol–water partition coefficient (Wildman–Crippen LogP) is 3.06. The molecule has 0 spiro atoms. The van der Waals surface area contributed by atoms with Gasteiger partial charge >= 0.3 is 0 Å². The van der Waals surface area contributed by atoms with Gasteiger partial charge in [-0.1, -0.05) is 12.1 Å². The van der Waals surface area contributed by atoms with Crippen molar-refractivity contribution in [3.05, 3.63) is 23.8 Å². The van der Waals surface area contributed by atoms with Gasteiger partial charge in [0.1, 0.15) is 5.60 Å². The molecule has 0 atom stereocenters. The molecule has 0 bridgehead atoms. The Morgan fingerprint density at radius 1 is 1.43 bits per heavy atom. The molecule has 0 aromatic heterocycles. The molecule has 2 rings (SSSR count). The van der Waals surface area contributed by atoms with Crippen LogP contribution in [0.3, 0.4) is 0 Å². The molecule has 0 N–H and O–H groups in total. The largest absolute Gasteiger partial charge is 0.483 e. The van der Waals surface area contributed by atoms with Crippen molar-refractivity contribution >= 4 is 12.0 Å². The van der Waals surface area contributed by atoms with Gasteiger partial charge in [-0.3, -0.25) is 0 Å². The van der Waals surface area contributed by atoms with Gasteiger partial charge in [0.15, 0.2) is 11.5 Å². The number of hydrogen-bond donors (Lipinski definition) is 0. The van der Waals surface area contributed by atoms with Gasteiger partial charge in [0.25, 0.3) is 0 Å². The molecule has 2 nitrogen and oxygen atoms in total. The van der Waals surface area contributed by atoms with E-state index < -0.39 is 0 Å². The van der Waals surface area contributed by atoms with Gasteiger partial charge in [-0.05, 0) is 19.9 Å². The Labute approximate surface area is 88.8 Å². The Morgan fingerprint density at radius 2 is 2.21 bits per heavy atom. The highest BCUT2D eigenvalue weighted by atomic mass is 32.2. The van der Waals surface area contributed by atoms with Crippen molar-refractivity contribution in [2.75, 3.05) is 6.26 Å². The van der Waals surface area contributed by atoms with E-state index in [0.29, 0.717) is 0 Å². The Bertz CT molecular complexity index is 347. The van der Waals surface area contributed by atoms with Crippen molar-refractivity contribution in [2.45, 2.75) is 25.9 Å².